The van der Waals surface area contributed by atoms with Crippen molar-refractivity contribution < 1.29 is 27.6 Å². The number of pyridine rings is 1. The maximum atomic E-state index is 15.0. The summed E-state index contributed by atoms with van der Waals surface area (Å²) < 4.78 is 42.3. The number of nitrogens with one attached hydrogen (secondary N) is 1. The van der Waals surface area contributed by atoms with Crippen molar-refractivity contribution in [1.82, 2.24) is 10.3 Å². The topological polar surface area (TPSA) is 106 Å². The van der Waals surface area contributed by atoms with Crippen LogP contribution in [0.4, 0.5) is 24.7 Å². The number of alkyl halides is 2. The van der Waals surface area contributed by atoms with Gasteiger partial charge < -0.3 is 5.32 Å². The highest BCUT2D eigenvalue weighted by molar-refractivity contribution is 6.31. The molecule has 43 heavy (non-hydrogen) atoms. The lowest BCUT2D eigenvalue weighted by atomic mass is 9.87. The van der Waals surface area contributed by atoms with Crippen molar-refractivity contribution in [3.05, 3.63) is 88.3 Å². The fourth-order valence-corrected chi connectivity index (χ4v) is 5.74. The quantitative estimate of drug-likeness (QED) is 0.363. The summed E-state index contributed by atoms with van der Waals surface area (Å²) in [5.74, 6) is -5.45. The molecule has 2 fully saturated rings. The third-order valence-electron chi connectivity index (χ3n) is 7.63. The van der Waals surface area contributed by atoms with E-state index in [1.807, 2.05) is 6.07 Å². The van der Waals surface area contributed by atoms with Gasteiger partial charge in [0.2, 0.25) is 11.8 Å². The second-order valence-electron chi connectivity index (χ2n) is 10.6. The summed E-state index contributed by atoms with van der Waals surface area (Å²) in [6.45, 7) is 1.80. The molecule has 1 aromatic heterocycles. The van der Waals surface area contributed by atoms with Gasteiger partial charge in [-0.3, -0.25) is 24.2 Å². The molecule has 1 saturated carbocycles. The maximum Gasteiger partial charge on any atom is 0.252 e. The molecule has 1 aliphatic carbocycles. The molecule has 3 aromatic rings. The summed E-state index contributed by atoms with van der Waals surface area (Å²) in [5, 5.41) is 12.1. The molecule has 0 unspecified atom stereocenters. The van der Waals surface area contributed by atoms with Crippen molar-refractivity contribution in [2.75, 3.05) is 9.80 Å². The second-order valence-corrected chi connectivity index (χ2v) is 11.0. The Labute approximate surface area is 251 Å². The zero-order valence-corrected chi connectivity index (χ0v) is 23.8. The monoisotopic (exact) mass is 609 g/mol. The number of hydrogen-bond donors (Lipinski definition) is 1. The Hall–Kier alpha value is -4.43. The van der Waals surface area contributed by atoms with Crippen LogP contribution in [0.5, 0.6) is 0 Å². The molecule has 5 rings (SSSR count). The molecular formula is C31H27ClF3N5O3. The molecule has 0 bridgehead atoms. The van der Waals surface area contributed by atoms with E-state index in [-0.39, 0.29) is 40.5 Å². The standard InChI is InChI=1S/C31H27ClF3N5O3/c1-2-18-11-20(33)14-22(12-18)39(30(43)25-7-8-27(41)40(25)26-13-19(17-36)9-10-37-26)28(23-5-3-4-6-24(23)32)29(42)38-21-15-31(34,35)16-21/h3-6,9-14,21,25,28H,2,7-8,15-16H2,1H3,(H,38,42)/t25-,28-/m0/s1. The first kappa shape index (κ1) is 30.0. The van der Waals surface area contributed by atoms with E-state index in [2.05, 4.69) is 10.3 Å². The van der Waals surface area contributed by atoms with E-state index in [1.54, 1.807) is 25.1 Å². The van der Waals surface area contributed by atoms with E-state index in [1.165, 1.54) is 41.4 Å². The highest BCUT2D eigenvalue weighted by Gasteiger charge is 2.48. The van der Waals surface area contributed by atoms with Crippen molar-refractivity contribution in [3.63, 3.8) is 0 Å². The largest absolute Gasteiger partial charge is 0.351 e. The predicted molar refractivity (Wildman–Crippen MR) is 153 cm³/mol. The predicted octanol–water partition coefficient (Wildman–Crippen LogP) is 5.49. The van der Waals surface area contributed by atoms with E-state index < -0.39 is 60.4 Å². The van der Waals surface area contributed by atoms with Crippen molar-refractivity contribution in [1.29, 1.82) is 5.26 Å². The van der Waals surface area contributed by atoms with E-state index >= 15 is 0 Å². The molecule has 1 N–H and O–H groups in total. The minimum Gasteiger partial charge on any atom is -0.351 e. The molecule has 1 saturated heterocycles. The Morgan fingerprint density at radius 3 is 2.63 bits per heavy atom. The van der Waals surface area contributed by atoms with Gasteiger partial charge in [-0.25, -0.2) is 18.2 Å². The van der Waals surface area contributed by atoms with Crippen molar-refractivity contribution in [2.24, 2.45) is 0 Å². The van der Waals surface area contributed by atoms with Crippen LogP contribution in [0.1, 0.15) is 55.3 Å². The van der Waals surface area contributed by atoms with Gasteiger partial charge in [-0.1, -0.05) is 36.7 Å². The average molecular weight is 610 g/mol. The van der Waals surface area contributed by atoms with Crippen LogP contribution in [-0.2, 0) is 20.8 Å². The Morgan fingerprint density at radius 1 is 1.21 bits per heavy atom. The first-order chi connectivity index (χ1) is 20.5. The molecule has 1 aliphatic heterocycles. The van der Waals surface area contributed by atoms with Gasteiger partial charge in [0.15, 0.2) is 0 Å². The van der Waals surface area contributed by atoms with E-state index in [0.717, 1.165) is 11.0 Å². The number of nitriles is 1. The number of nitrogens with zero attached hydrogens (tertiary/aromatic N) is 4. The number of amides is 3. The summed E-state index contributed by atoms with van der Waals surface area (Å²) in [6, 6.07) is 11.5. The van der Waals surface area contributed by atoms with Crippen LogP contribution in [-0.4, -0.2) is 40.7 Å². The van der Waals surface area contributed by atoms with E-state index in [9.17, 15) is 32.8 Å². The van der Waals surface area contributed by atoms with E-state index in [4.69, 9.17) is 11.6 Å². The minimum atomic E-state index is -2.92. The highest BCUT2D eigenvalue weighted by atomic mass is 35.5. The molecule has 2 aromatic carbocycles. The lowest BCUT2D eigenvalue weighted by Crippen LogP contribution is -2.56. The lowest BCUT2D eigenvalue weighted by molar-refractivity contribution is -0.133. The molecule has 3 amide bonds. The molecule has 12 heteroatoms. The highest BCUT2D eigenvalue weighted by Crippen LogP contribution is 2.40. The molecular weight excluding hydrogens is 583 g/mol. The Kier molecular flexibility index (Phi) is 8.42. The third-order valence-corrected chi connectivity index (χ3v) is 7.97. The first-order valence-electron chi connectivity index (χ1n) is 13.7. The zero-order valence-electron chi connectivity index (χ0n) is 23.1. The molecule has 0 radical (unpaired) electrons. The normalized spacial score (nSPS) is 18.5. The Morgan fingerprint density at radius 2 is 1.95 bits per heavy atom. The molecule has 222 valence electrons. The van der Waals surface area contributed by atoms with E-state index in [0.29, 0.717) is 12.0 Å². The van der Waals surface area contributed by atoms with Crippen LogP contribution >= 0.6 is 11.6 Å². The van der Waals surface area contributed by atoms with Crippen LogP contribution in [0.25, 0.3) is 0 Å². The van der Waals surface area contributed by atoms with Crippen molar-refractivity contribution in [2.45, 2.75) is 63.1 Å². The average Bonchev–Trinajstić information content (AvgIpc) is 3.35. The number of aromatic nitrogens is 1. The van der Waals surface area contributed by atoms with Crippen LogP contribution in [0, 0.1) is 17.1 Å². The van der Waals surface area contributed by atoms with Crippen molar-refractivity contribution >= 4 is 40.8 Å². The van der Waals surface area contributed by atoms with Gasteiger partial charge in [0, 0.05) is 47.8 Å². The molecule has 8 nitrogen and oxygen atoms in total. The number of benzene rings is 2. The number of rotatable bonds is 8. The number of halogens is 4. The van der Waals surface area contributed by atoms with Crippen LogP contribution in [0.2, 0.25) is 5.02 Å². The van der Waals surface area contributed by atoms with Gasteiger partial charge in [-0.15, -0.1) is 0 Å². The summed E-state index contributed by atoms with van der Waals surface area (Å²) >= 11 is 6.54. The summed E-state index contributed by atoms with van der Waals surface area (Å²) in [6.07, 6.45) is 0.654. The van der Waals surface area contributed by atoms with Gasteiger partial charge in [0.1, 0.15) is 23.7 Å². The number of carbonyl (C=O) groups excluding carboxylic acids is 3. The maximum absolute atomic E-state index is 15.0. The first-order valence-corrected chi connectivity index (χ1v) is 14.1. The fraction of sp³-hybridized carbons (Fsp3) is 0.323. The summed E-state index contributed by atoms with van der Waals surface area (Å²) in [4.78, 5) is 48.1. The van der Waals surface area contributed by atoms with Gasteiger partial charge in [0.05, 0.1) is 11.6 Å². The van der Waals surface area contributed by atoms with Crippen LogP contribution < -0.4 is 15.1 Å². The minimum absolute atomic E-state index is 0.0216. The van der Waals surface area contributed by atoms with Gasteiger partial charge in [0.25, 0.3) is 11.8 Å². The summed E-state index contributed by atoms with van der Waals surface area (Å²) in [7, 11) is 0. The van der Waals surface area contributed by atoms with Gasteiger partial charge >= 0.3 is 0 Å². The number of anilines is 2. The molecule has 2 aliphatic rings. The summed E-state index contributed by atoms with van der Waals surface area (Å²) in [5.41, 5.74) is 0.964. The van der Waals surface area contributed by atoms with Crippen LogP contribution in [0.15, 0.2) is 60.8 Å². The lowest BCUT2D eigenvalue weighted by Gasteiger charge is -2.39. The van der Waals surface area contributed by atoms with Gasteiger partial charge in [-0.05, 0) is 54.8 Å². The smallest absolute Gasteiger partial charge is 0.252 e. The SMILES string of the molecule is CCc1cc(F)cc(N(C(=O)[C@@H]2CCC(=O)N2c2cc(C#N)ccn2)[C@H](C(=O)NC2CC(F)(F)C2)c2ccccc2Cl)c1. The number of hydrogen-bond acceptors (Lipinski definition) is 5. The van der Waals surface area contributed by atoms with Crippen LogP contribution in [0.3, 0.4) is 0 Å². The molecule has 2 atom stereocenters. The Bertz CT molecular complexity index is 1620. The zero-order chi connectivity index (χ0) is 30.9. The number of aryl methyl sites for hydroxylation is 1. The van der Waals surface area contributed by atoms with Crippen molar-refractivity contribution in [3.8, 4) is 6.07 Å². The second kappa shape index (κ2) is 12.1. The fourth-order valence-electron chi connectivity index (χ4n) is 5.50. The molecule has 2 heterocycles. The molecule has 0 spiro atoms. The Balaban J connectivity index is 1.64. The van der Waals surface area contributed by atoms with Gasteiger partial charge in [-0.2, -0.15) is 5.26 Å². The number of carbonyl (C=O) groups is 3. The third kappa shape index (κ3) is 6.20.